The van der Waals surface area contributed by atoms with Crippen LogP contribution in [0.4, 0.5) is 5.69 Å². The predicted octanol–water partition coefficient (Wildman–Crippen LogP) is 5.39. The second kappa shape index (κ2) is 15.8. The average Bonchev–Trinajstić information content (AvgIpc) is 2.72. The van der Waals surface area contributed by atoms with Gasteiger partial charge in [-0.05, 0) is 38.3 Å². The molecule has 29 heavy (non-hydrogen) atoms. The van der Waals surface area contributed by atoms with Gasteiger partial charge in [-0.2, -0.15) is 0 Å². The van der Waals surface area contributed by atoms with Crippen LogP contribution in [-0.4, -0.2) is 36.1 Å². The number of aliphatic carboxylic acids is 1. The summed E-state index contributed by atoms with van der Waals surface area (Å²) < 4.78 is 0. The first-order valence-electron chi connectivity index (χ1n) is 11.4. The smallest absolute Gasteiger partial charge is 0.303 e. The van der Waals surface area contributed by atoms with Crippen LogP contribution in [0, 0.1) is 0 Å². The first kappa shape index (κ1) is 25.0. The van der Waals surface area contributed by atoms with Crippen molar-refractivity contribution in [3.8, 4) is 0 Å². The molecule has 1 unspecified atom stereocenters. The zero-order chi connectivity index (χ0) is 21.3. The van der Waals surface area contributed by atoms with Gasteiger partial charge >= 0.3 is 5.97 Å². The third kappa shape index (κ3) is 10.9. The summed E-state index contributed by atoms with van der Waals surface area (Å²) in [6.45, 7) is 5.78. The molecular weight excluding hydrogens is 364 g/mol. The highest BCUT2D eigenvalue weighted by molar-refractivity contribution is 5.85. The Kier molecular flexibility index (Phi) is 13.6. The number of para-hydroxylation sites is 1. The minimum absolute atomic E-state index is 0.113. The van der Waals surface area contributed by atoms with Gasteiger partial charge in [0, 0.05) is 25.2 Å². The normalized spacial score (nSPS) is 11.8. The van der Waals surface area contributed by atoms with Crippen LogP contribution in [0.1, 0.15) is 84.5 Å². The highest BCUT2D eigenvalue weighted by atomic mass is 16.4. The van der Waals surface area contributed by atoms with Crippen molar-refractivity contribution in [2.45, 2.75) is 90.5 Å². The maximum atomic E-state index is 12.8. The van der Waals surface area contributed by atoms with Crippen molar-refractivity contribution in [3.63, 3.8) is 0 Å². The molecule has 1 aromatic rings. The lowest BCUT2D eigenvalue weighted by Crippen LogP contribution is -2.47. The Morgan fingerprint density at radius 1 is 0.931 bits per heavy atom. The largest absolute Gasteiger partial charge is 0.481 e. The molecule has 0 aromatic heterocycles. The van der Waals surface area contributed by atoms with Crippen molar-refractivity contribution in [3.05, 3.63) is 30.3 Å². The average molecular weight is 405 g/mol. The number of nitrogens with zero attached hydrogens (tertiary/aromatic N) is 1. The maximum absolute atomic E-state index is 12.8. The van der Waals surface area contributed by atoms with Crippen LogP contribution in [0.5, 0.6) is 0 Å². The van der Waals surface area contributed by atoms with Crippen LogP contribution in [0.25, 0.3) is 0 Å². The number of carboxylic acids is 1. The molecule has 0 aliphatic heterocycles. The van der Waals surface area contributed by atoms with Gasteiger partial charge in [0.25, 0.3) is 0 Å². The summed E-state index contributed by atoms with van der Waals surface area (Å²) in [6.07, 6.45) is 10.7. The second-order valence-corrected chi connectivity index (χ2v) is 7.69. The summed E-state index contributed by atoms with van der Waals surface area (Å²) in [7, 11) is 0. The number of benzene rings is 1. The van der Waals surface area contributed by atoms with Crippen LogP contribution < -0.4 is 10.2 Å². The van der Waals surface area contributed by atoms with Crippen LogP contribution in [-0.2, 0) is 9.59 Å². The number of nitrogens with one attached hydrogen (secondary N) is 1. The van der Waals surface area contributed by atoms with E-state index in [-0.39, 0.29) is 11.9 Å². The van der Waals surface area contributed by atoms with Gasteiger partial charge in [0.2, 0.25) is 5.91 Å². The van der Waals surface area contributed by atoms with Gasteiger partial charge in [-0.15, -0.1) is 0 Å². The number of hydrogen-bond acceptors (Lipinski definition) is 3. The van der Waals surface area contributed by atoms with Crippen molar-refractivity contribution in [2.24, 2.45) is 0 Å². The molecule has 1 amide bonds. The van der Waals surface area contributed by atoms with Gasteiger partial charge in [0.05, 0.1) is 0 Å². The summed E-state index contributed by atoms with van der Waals surface area (Å²) in [5, 5.41) is 11.8. The maximum Gasteiger partial charge on any atom is 0.303 e. The lowest BCUT2D eigenvalue weighted by atomic mass is 10.1. The van der Waals surface area contributed by atoms with Gasteiger partial charge in [-0.25, -0.2) is 0 Å². The molecule has 0 spiro atoms. The molecule has 0 aliphatic carbocycles. The highest BCUT2D eigenvalue weighted by Gasteiger charge is 2.23. The van der Waals surface area contributed by atoms with E-state index in [4.69, 9.17) is 5.11 Å². The molecule has 0 saturated heterocycles. The van der Waals surface area contributed by atoms with Crippen LogP contribution in [0.3, 0.4) is 0 Å². The van der Waals surface area contributed by atoms with E-state index in [1.54, 1.807) is 0 Å². The molecule has 0 fully saturated rings. The van der Waals surface area contributed by atoms with Crippen LogP contribution >= 0.6 is 0 Å². The predicted molar refractivity (Wildman–Crippen MR) is 120 cm³/mol. The summed E-state index contributed by atoms with van der Waals surface area (Å²) in [5.74, 6) is -0.560. The lowest BCUT2D eigenvalue weighted by molar-refractivity contribution is -0.137. The number of carboxylic acid groups (broad SMARTS) is 1. The number of anilines is 1. The van der Waals surface area contributed by atoms with Crippen molar-refractivity contribution in [1.82, 2.24) is 5.32 Å². The zero-order valence-electron chi connectivity index (χ0n) is 18.4. The van der Waals surface area contributed by atoms with Gasteiger partial charge in [0.1, 0.15) is 6.04 Å². The molecule has 164 valence electrons. The molecule has 1 atom stereocenters. The summed E-state index contributed by atoms with van der Waals surface area (Å²) in [4.78, 5) is 25.4. The molecule has 2 N–H and O–H groups in total. The number of amides is 1. The molecule has 5 heteroatoms. The minimum Gasteiger partial charge on any atom is -0.481 e. The lowest BCUT2D eigenvalue weighted by Gasteiger charge is -2.31. The number of hydrogen-bond donors (Lipinski definition) is 2. The highest BCUT2D eigenvalue weighted by Crippen LogP contribution is 2.19. The van der Waals surface area contributed by atoms with Crippen molar-refractivity contribution < 1.29 is 14.7 Å². The molecule has 5 nitrogen and oxygen atoms in total. The number of carbonyl (C=O) groups excluding carboxylic acids is 1. The van der Waals surface area contributed by atoms with Crippen molar-refractivity contribution in [2.75, 3.05) is 18.0 Å². The molecule has 0 heterocycles. The Morgan fingerprint density at radius 3 is 2.07 bits per heavy atom. The zero-order valence-corrected chi connectivity index (χ0v) is 18.4. The number of carbonyl (C=O) groups is 2. The number of rotatable bonds is 17. The van der Waals surface area contributed by atoms with E-state index in [9.17, 15) is 9.59 Å². The SMILES string of the molecule is CCCC(C(=O)NCCCCCCCCCCC(=O)O)N(CC)c1ccccc1. The minimum atomic E-state index is -0.695. The molecule has 0 aliphatic rings. The third-order valence-corrected chi connectivity index (χ3v) is 5.29. The fraction of sp³-hybridized carbons (Fsp3) is 0.667. The van der Waals surface area contributed by atoms with E-state index in [0.717, 1.165) is 63.7 Å². The number of unbranched alkanes of at least 4 members (excludes halogenated alkanes) is 7. The van der Waals surface area contributed by atoms with Gasteiger partial charge < -0.3 is 15.3 Å². The Morgan fingerprint density at radius 2 is 1.52 bits per heavy atom. The van der Waals surface area contributed by atoms with E-state index < -0.39 is 5.97 Å². The summed E-state index contributed by atoms with van der Waals surface area (Å²) in [5.41, 5.74) is 1.10. The molecule has 1 rings (SSSR count). The first-order chi connectivity index (χ1) is 14.1. The van der Waals surface area contributed by atoms with E-state index in [0.29, 0.717) is 6.42 Å². The van der Waals surface area contributed by atoms with Crippen LogP contribution in [0.2, 0.25) is 0 Å². The Labute approximate surface area is 176 Å². The molecular formula is C24H40N2O3. The molecule has 1 aromatic carbocycles. The Balaban J connectivity index is 2.23. The van der Waals surface area contributed by atoms with E-state index in [1.165, 1.54) is 19.3 Å². The topological polar surface area (TPSA) is 69.6 Å². The summed E-state index contributed by atoms with van der Waals surface area (Å²) in [6, 6.07) is 10.1. The standard InChI is InChI=1S/C24H40N2O3/c1-3-16-22(26(4-2)21-17-12-11-13-18-21)24(29)25-20-15-10-8-6-5-7-9-14-19-23(27)28/h11-13,17-18,22H,3-10,14-16,19-20H2,1-2H3,(H,25,29)(H,27,28). The van der Waals surface area contributed by atoms with Gasteiger partial charge in [-0.3, -0.25) is 9.59 Å². The van der Waals surface area contributed by atoms with Gasteiger partial charge in [-0.1, -0.05) is 70.1 Å². The van der Waals surface area contributed by atoms with E-state index >= 15 is 0 Å². The molecule has 0 radical (unpaired) electrons. The van der Waals surface area contributed by atoms with Crippen molar-refractivity contribution in [1.29, 1.82) is 0 Å². The number of likely N-dealkylation sites (N-methyl/N-ethyl adjacent to an activating group) is 1. The first-order valence-corrected chi connectivity index (χ1v) is 11.4. The quantitative estimate of drug-likeness (QED) is 0.341. The second-order valence-electron chi connectivity index (χ2n) is 7.69. The summed E-state index contributed by atoms with van der Waals surface area (Å²) >= 11 is 0. The fourth-order valence-corrected chi connectivity index (χ4v) is 3.70. The van der Waals surface area contributed by atoms with E-state index in [1.807, 2.05) is 18.2 Å². The monoisotopic (exact) mass is 404 g/mol. The third-order valence-electron chi connectivity index (χ3n) is 5.29. The molecule has 0 saturated carbocycles. The van der Waals surface area contributed by atoms with Crippen LogP contribution in [0.15, 0.2) is 30.3 Å². The fourth-order valence-electron chi connectivity index (χ4n) is 3.70. The Hall–Kier alpha value is -2.04. The van der Waals surface area contributed by atoms with Gasteiger partial charge in [0.15, 0.2) is 0 Å². The molecule has 0 bridgehead atoms. The Bertz CT molecular complexity index is 563. The van der Waals surface area contributed by atoms with Crippen molar-refractivity contribution >= 4 is 17.6 Å². The van der Waals surface area contributed by atoms with E-state index in [2.05, 4.69) is 36.2 Å².